The summed E-state index contributed by atoms with van der Waals surface area (Å²) < 4.78 is 0. The van der Waals surface area contributed by atoms with Crippen molar-refractivity contribution in [3.8, 4) is 44.6 Å². The summed E-state index contributed by atoms with van der Waals surface area (Å²) in [6.07, 6.45) is 19.2. The van der Waals surface area contributed by atoms with Crippen LogP contribution in [0.15, 0.2) is 164 Å². The van der Waals surface area contributed by atoms with E-state index >= 15 is 0 Å². The number of hydrogen-bond acceptors (Lipinski definition) is 2. The number of rotatable bonds is 5. The molecule has 0 fully saturated rings. The van der Waals surface area contributed by atoms with Crippen molar-refractivity contribution in [1.29, 1.82) is 0 Å². The highest BCUT2D eigenvalue weighted by Crippen LogP contribution is 2.48. The number of fused-ring (bicyclic) bond motifs is 6. The lowest BCUT2D eigenvalue weighted by atomic mass is 9.88. The zero-order valence-electron chi connectivity index (χ0n) is 28.4. The zero-order chi connectivity index (χ0) is 33.7. The van der Waals surface area contributed by atoms with Crippen LogP contribution in [0.3, 0.4) is 0 Å². The molecule has 10 rings (SSSR count). The molecule has 0 bridgehead atoms. The number of allylic oxidation sites excluding steroid dienone is 8. The number of benzene rings is 6. The molecule has 0 spiro atoms. The summed E-state index contributed by atoms with van der Waals surface area (Å²) in [4.78, 5) is 10.4. The molecule has 0 saturated carbocycles. The lowest BCUT2D eigenvalue weighted by Gasteiger charge is -2.17. The van der Waals surface area contributed by atoms with Crippen LogP contribution in [0.4, 0.5) is 0 Å². The molecule has 3 aliphatic rings. The molecule has 0 amide bonds. The van der Waals surface area contributed by atoms with Crippen molar-refractivity contribution in [2.45, 2.75) is 31.6 Å². The lowest BCUT2D eigenvalue weighted by molar-refractivity contribution is 0.802. The van der Waals surface area contributed by atoms with Crippen LogP contribution in [0, 0.1) is 0 Å². The maximum absolute atomic E-state index is 5.22. The first-order valence-electron chi connectivity index (χ1n) is 18.1. The van der Waals surface area contributed by atoms with Gasteiger partial charge >= 0.3 is 0 Å². The van der Waals surface area contributed by atoms with Gasteiger partial charge in [-0.2, -0.15) is 0 Å². The van der Waals surface area contributed by atoms with E-state index in [0.29, 0.717) is 0 Å². The monoisotopic (exact) mass is 652 g/mol. The lowest BCUT2D eigenvalue weighted by Crippen LogP contribution is -2.06. The number of nitrogens with zero attached hydrogens (tertiary/aromatic N) is 2. The van der Waals surface area contributed by atoms with Gasteiger partial charge in [0, 0.05) is 11.5 Å². The Hall–Kier alpha value is -6.12. The normalized spacial score (nSPS) is 16.0. The summed E-state index contributed by atoms with van der Waals surface area (Å²) in [5.41, 5.74) is 14.9. The first kappa shape index (κ1) is 29.8. The fourth-order valence-corrected chi connectivity index (χ4v) is 8.32. The van der Waals surface area contributed by atoms with Crippen molar-refractivity contribution in [3.63, 3.8) is 0 Å². The maximum Gasteiger partial charge on any atom is 0.156 e. The fraction of sp³-hybridized carbons (Fsp3) is 0.102. The predicted octanol–water partition coefficient (Wildman–Crippen LogP) is 12.7. The minimum absolute atomic E-state index is 0.246. The van der Waals surface area contributed by atoms with Crippen molar-refractivity contribution >= 4 is 27.1 Å². The van der Waals surface area contributed by atoms with Crippen LogP contribution in [0.5, 0.6) is 0 Å². The molecule has 242 valence electrons. The molecule has 1 atom stereocenters. The first-order valence-corrected chi connectivity index (χ1v) is 18.1. The second-order valence-corrected chi connectivity index (χ2v) is 14.0. The van der Waals surface area contributed by atoms with Crippen molar-refractivity contribution in [3.05, 3.63) is 187 Å². The van der Waals surface area contributed by atoms with E-state index in [9.17, 15) is 0 Å². The Morgan fingerprint density at radius 3 is 2.29 bits per heavy atom. The minimum Gasteiger partial charge on any atom is -0.233 e. The van der Waals surface area contributed by atoms with E-state index in [0.717, 1.165) is 48.5 Å². The molecule has 51 heavy (non-hydrogen) atoms. The molecule has 7 aromatic rings. The average molecular weight is 653 g/mol. The number of hydrogen-bond donors (Lipinski definition) is 0. The summed E-state index contributed by atoms with van der Waals surface area (Å²) >= 11 is 0. The number of aromatic nitrogens is 2. The van der Waals surface area contributed by atoms with Crippen LogP contribution in [-0.4, -0.2) is 9.97 Å². The van der Waals surface area contributed by atoms with Crippen LogP contribution < -0.4 is 0 Å². The minimum atomic E-state index is 0.246. The van der Waals surface area contributed by atoms with Gasteiger partial charge in [0.1, 0.15) is 0 Å². The Bertz CT molecular complexity index is 2650. The molecule has 3 aliphatic carbocycles. The molecule has 0 N–H and O–H groups in total. The Balaban J connectivity index is 1.13. The van der Waals surface area contributed by atoms with Crippen LogP contribution in [0.2, 0.25) is 0 Å². The Kier molecular flexibility index (Phi) is 7.20. The molecule has 0 radical (unpaired) electrons. The molecule has 0 aliphatic heterocycles. The van der Waals surface area contributed by atoms with Gasteiger partial charge in [0.2, 0.25) is 0 Å². The third kappa shape index (κ3) is 5.27. The smallest absolute Gasteiger partial charge is 0.156 e. The van der Waals surface area contributed by atoms with Crippen molar-refractivity contribution in [1.82, 2.24) is 9.97 Å². The average Bonchev–Trinajstić information content (AvgIpc) is 3.60. The largest absolute Gasteiger partial charge is 0.233 e. The second-order valence-electron chi connectivity index (χ2n) is 14.0. The van der Waals surface area contributed by atoms with Gasteiger partial charge in [-0.25, -0.2) is 9.97 Å². The van der Waals surface area contributed by atoms with Crippen LogP contribution in [-0.2, 0) is 6.42 Å². The Morgan fingerprint density at radius 1 is 0.569 bits per heavy atom. The van der Waals surface area contributed by atoms with Crippen molar-refractivity contribution in [2.75, 3.05) is 0 Å². The van der Waals surface area contributed by atoms with Crippen LogP contribution >= 0.6 is 0 Å². The molecule has 1 aromatic heterocycles. The van der Waals surface area contributed by atoms with E-state index in [1.807, 2.05) is 0 Å². The van der Waals surface area contributed by atoms with Gasteiger partial charge in [0.05, 0.1) is 11.4 Å². The Labute approximate surface area is 298 Å². The van der Waals surface area contributed by atoms with Crippen molar-refractivity contribution < 1.29 is 0 Å². The quantitative estimate of drug-likeness (QED) is 0.185. The van der Waals surface area contributed by atoms with E-state index in [1.165, 1.54) is 71.6 Å². The van der Waals surface area contributed by atoms with Gasteiger partial charge < -0.3 is 0 Å². The highest BCUT2D eigenvalue weighted by atomic mass is 14.9. The molecule has 6 aromatic carbocycles. The third-order valence-corrected chi connectivity index (χ3v) is 10.9. The first-order chi connectivity index (χ1) is 25.3. The van der Waals surface area contributed by atoms with Gasteiger partial charge in [-0.15, -0.1) is 0 Å². The molecule has 0 saturated heterocycles. The van der Waals surface area contributed by atoms with E-state index in [1.54, 1.807) is 0 Å². The summed E-state index contributed by atoms with van der Waals surface area (Å²) in [6.45, 7) is 0. The molecular weight excluding hydrogens is 617 g/mol. The van der Waals surface area contributed by atoms with E-state index < -0.39 is 0 Å². The standard InChI is InChI=1S/C49H36N2/c1-3-14-33(15-4-1)46-31-47(51-49(50-46)34-16-5-2-6-17-34)38-20-11-19-36(28-38)43-30-45-44(42-23-10-9-22-41(42)43)29-39-21-12-24-40(48(39)45)37-26-25-32-13-7-8-18-35(32)27-37/h1-5,7-14,16,18-28,30-31,33H,6,15,17,29H2. The summed E-state index contributed by atoms with van der Waals surface area (Å²) in [7, 11) is 0. The Morgan fingerprint density at radius 2 is 1.41 bits per heavy atom. The topological polar surface area (TPSA) is 25.8 Å². The molecule has 2 heteroatoms. The highest BCUT2D eigenvalue weighted by molar-refractivity contribution is 6.07. The molecular formula is C49H36N2. The van der Waals surface area contributed by atoms with Gasteiger partial charge in [0.25, 0.3) is 0 Å². The van der Waals surface area contributed by atoms with E-state index in [4.69, 9.17) is 9.97 Å². The van der Waals surface area contributed by atoms with E-state index in [-0.39, 0.29) is 5.92 Å². The molecule has 1 heterocycles. The van der Waals surface area contributed by atoms with E-state index in [2.05, 4.69) is 164 Å². The van der Waals surface area contributed by atoms with Gasteiger partial charge in [0.15, 0.2) is 5.82 Å². The summed E-state index contributed by atoms with van der Waals surface area (Å²) in [6, 6.07) is 45.0. The third-order valence-electron chi connectivity index (χ3n) is 10.9. The maximum atomic E-state index is 5.22. The zero-order valence-corrected chi connectivity index (χ0v) is 28.4. The van der Waals surface area contributed by atoms with Crippen LogP contribution in [0.25, 0.3) is 71.8 Å². The van der Waals surface area contributed by atoms with Crippen molar-refractivity contribution in [2.24, 2.45) is 0 Å². The SMILES string of the molecule is C1=CCCC(c2nc(-c3cccc(-c4cc5c(c6ccccc46)Cc4cccc(-c6ccc7ccccc7c6)c4-5)c3)cc(C3C=CC=CC3)n2)=C1. The van der Waals surface area contributed by atoms with Gasteiger partial charge in [-0.1, -0.05) is 140 Å². The van der Waals surface area contributed by atoms with Gasteiger partial charge in [-0.3, -0.25) is 0 Å². The molecule has 2 nitrogen and oxygen atoms in total. The summed E-state index contributed by atoms with van der Waals surface area (Å²) in [5.74, 6) is 1.09. The highest BCUT2D eigenvalue weighted by Gasteiger charge is 2.26. The second kappa shape index (κ2) is 12.3. The fourth-order valence-electron chi connectivity index (χ4n) is 8.32. The van der Waals surface area contributed by atoms with Crippen LogP contribution in [0.1, 0.15) is 47.8 Å². The van der Waals surface area contributed by atoms with Gasteiger partial charge in [-0.05, 0) is 122 Å². The summed E-state index contributed by atoms with van der Waals surface area (Å²) in [5, 5.41) is 5.16. The molecule has 1 unspecified atom stereocenters. The predicted molar refractivity (Wildman–Crippen MR) is 214 cm³/mol.